The van der Waals surface area contributed by atoms with E-state index in [1.54, 1.807) is 11.3 Å². The second kappa shape index (κ2) is 7.76. The first-order valence-electron chi connectivity index (χ1n) is 6.78. The molecule has 0 aliphatic heterocycles. The van der Waals surface area contributed by atoms with Crippen molar-refractivity contribution in [3.05, 3.63) is 44.8 Å². The van der Waals surface area contributed by atoms with E-state index in [9.17, 15) is 0 Å². The van der Waals surface area contributed by atoms with Crippen LogP contribution in [-0.2, 0) is 13.1 Å². The van der Waals surface area contributed by atoms with Crippen molar-refractivity contribution >= 4 is 33.0 Å². The van der Waals surface area contributed by atoms with E-state index in [1.165, 1.54) is 15.0 Å². The Morgan fingerprint density at radius 3 is 2.95 bits per heavy atom. The molecule has 0 aromatic carbocycles. The molecule has 0 atom stereocenters. The minimum absolute atomic E-state index is 0.833. The maximum atomic E-state index is 4.41. The zero-order valence-electron chi connectivity index (χ0n) is 11.9. The van der Waals surface area contributed by atoms with E-state index < -0.39 is 0 Å². The Hall–Kier alpha value is -0.910. The summed E-state index contributed by atoms with van der Waals surface area (Å²) < 4.78 is 1.18. The van der Waals surface area contributed by atoms with Gasteiger partial charge in [-0.1, -0.05) is 6.92 Å². The number of aromatic nitrogens is 1. The number of halogens is 1. The Bertz CT molecular complexity index is 541. The topological polar surface area (TPSA) is 28.2 Å². The monoisotopic (exact) mass is 353 g/mol. The number of nitrogens with one attached hydrogen (secondary N) is 1. The summed E-state index contributed by atoms with van der Waals surface area (Å²) >= 11 is 5.23. The van der Waals surface area contributed by atoms with E-state index in [2.05, 4.69) is 68.7 Å². The molecule has 0 saturated carbocycles. The van der Waals surface area contributed by atoms with Gasteiger partial charge in [0.15, 0.2) is 0 Å². The molecule has 20 heavy (non-hydrogen) atoms. The molecule has 1 N–H and O–H groups in total. The van der Waals surface area contributed by atoms with E-state index in [0.717, 1.165) is 31.7 Å². The molecule has 0 radical (unpaired) electrons. The highest BCUT2D eigenvalue weighted by molar-refractivity contribution is 9.11. The zero-order valence-corrected chi connectivity index (χ0v) is 14.3. The molecule has 0 amide bonds. The third-order valence-corrected chi connectivity index (χ3v) is 4.57. The van der Waals surface area contributed by atoms with E-state index in [-0.39, 0.29) is 0 Å². The van der Waals surface area contributed by atoms with Gasteiger partial charge in [-0.2, -0.15) is 0 Å². The standard InChI is InChI=1S/C15H20BrN3S/c1-3-5-17-9-13-8-14(4-6-18-13)19(2)10-12-7-15(16)20-11-12/h4,6-8,11,17H,3,5,9-10H2,1-2H3. The molecule has 0 aliphatic rings. The predicted octanol–water partition coefficient (Wildman–Crippen LogP) is 4.04. The number of hydrogen-bond acceptors (Lipinski definition) is 4. The zero-order chi connectivity index (χ0) is 14.4. The summed E-state index contributed by atoms with van der Waals surface area (Å²) in [6.07, 6.45) is 3.03. The highest BCUT2D eigenvalue weighted by Gasteiger charge is 2.05. The van der Waals surface area contributed by atoms with Crippen LogP contribution in [0.5, 0.6) is 0 Å². The third-order valence-electron chi connectivity index (χ3n) is 3.02. The van der Waals surface area contributed by atoms with Crippen LogP contribution < -0.4 is 10.2 Å². The van der Waals surface area contributed by atoms with Crippen molar-refractivity contribution in [2.45, 2.75) is 26.4 Å². The van der Waals surface area contributed by atoms with E-state index in [1.807, 2.05) is 6.20 Å². The highest BCUT2D eigenvalue weighted by atomic mass is 79.9. The summed E-state index contributed by atoms with van der Waals surface area (Å²) in [5.41, 5.74) is 3.62. The lowest BCUT2D eigenvalue weighted by molar-refractivity contribution is 0.664. The summed E-state index contributed by atoms with van der Waals surface area (Å²) in [6.45, 7) is 4.95. The van der Waals surface area contributed by atoms with Crippen molar-refractivity contribution < 1.29 is 0 Å². The molecule has 0 bridgehead atoms. The fraction of sp³-hybridized carbons (Fsp3) is 0.400. The smallest absolute Gasteiger partial charge is 0.0701 e. The molecule has 0 unspecified atom stereocenters. The fourth-order valence-corrected chi connectivity index (χ4v) is 3.19. The van der Waals surface area contributed by atoms with Crippen LogP contribution in [0.15, 0.2) is 33.6 Å². The lowest BCUT2D eigenvalue weighted by Gasteiger charge is -2.19. The maximum Gasteiger partial charge on any atom is 0.0701 e. The normalized spacial score (nSPS) is 10.8. The molecular weight excluding hydrogens is 334 g/mol. The van der Waals surface area contributed by atoms with Crippen molar-refractivity contribution in [3.63, 3.8) is 0 Å². The van der Waals surface area contributed by atoms with Crippen molar-refractivity contribution in [3.8, 4) is 0 Å². The Labute approximate surface area is 133 Å². The molecule has 0 fully saturated rings. The Morgan fingerprint density at radius 2 is 2.25 bits per heavy atom. The first-order valence-corrected chi connectivity index (χ1v) is 8.46. The molecule has 3 nitrogen and oxygen atoms in total. The van der Waals surface area contributed by atoms with Gasteiger partial charge in [-0.15, -0.1) is 11.3 Å². The number of thiophene rings is 1. The van der Waals surface area contributed by atoms with Gasteiger partial charge in [-0.3, -0.25) is 4.98 Å². The Balaban J connectivity index is 1.98. The average molecular weight is 354 g/mol. The van der Waals surface area contributed by atoms with Gasteiger partial charge in [0.25, 0.3) is 0 Å². The molecular formula is C15H20BrN3S. The summed E-state index contributed by atoms with van der Waals surface area (Å²) in [5.74, 6) is 0. The van der Waals surface area contributed by atoms with Crippen molar-refractivity contribution in [1.82, 2.24) is 10.3 Å². The van der Waals surface area contributed by atoms with E-state index in [0.29, 0.717) is 0 Å². The van der Waals surface area contributed by atoms with Crippen LogP contribution in [0.2, 0.25) is 0 Å². The number of nitrogens with zero attached hydrogens (tertiary/aromatic N) is 2. The van der Waals surface area contributed by atoms with Gasteiger partial charge >= 0.3 is 0 Å². The fourth-order valence-electron chi connectivity index (χ4n) is 1.99. The van der Waals surface area contributed by atoms with Gasteiger partial charge in [0.05, 0.1) is 9.48 Å². The first kappa shape index (κ1) is 15.5. The molecule has 2 aromatic heterocycles. The highest BCUT2D eigenvalue weighted by Crippen LogP contribution is 2.23. The number of anilines is 1. The number of hydrogen-bond donors (Lipinski definition) is 1. The van der Waals surface area contributed by atoms with E-state index >= 15 is 0 Å². The van der Waals surface area contributed by atoms with Gasteiger partial charge in [-0.25, -0.2) is 0 Å². The van der Waals surface area contributed by atoms with Crippen LogP contribution in [0, 0.1) is 0 Å². The minimum atomic E-state index is 0.833. The molecule has 0 spiro atoms. The van der Waals surface area contributed by atoms with Gasteiger partial charge in [0.2, 0.25) is 0 Å². The molecule has 2 heterocycles. The van der Waals surface area contributed by atoms with Crippen molar-refractivity contribution in [2.24, 2.45) is 0 Å². The summed E-state index contributed by atoms with van der Waals surface area (Å²) in [4.78, 5) is 6.66. The van der Waals surface area contributed by atoms with Crippen LogP contribution in [0.1, 0.15) is 24.6 Å². The van der Waals surface area contributed by atoms with Crippen LogP contribution >= 0.6 is 27.3 Å². The quantitative estimate of drug-likeness (QED) is 0.761. The van der Waals surface area contributed by atoms with Crippen LogP contribution in [0.25, 0.3) is 0 Å². The van der Waals surface area contributed by atoms with Gasteiger partial charge in [0.1, 0.15) is 0 Å². The molecule has 5 heteroatoms. The summed E-state index contributed by atoms with van der Waals surface area (Å²) in [5, 5.41) is 5.57. The van der Waals surface area contributed by atoms with Gasteiger partial charge in [0, 0.05) is 32.0 Å². The Kier molecular flexibility index (Phi) is 6.01. The molecule has 2 rings (SSSR count). The first-order chi connectivity index (χ1) is 9.69. The summed E-state index contributed by atoms with van der Waals surface area (Å²) in [6, 6.07) is 6.39. The lowest BCUT2D eigenvalue weighted by Crippen LogP contribution is -2.18. The van der Waals surface area contributed by atoms with Gasteiger partial charge < -0.3 is 10.2 Å². The second-order valence-corrected chi connectivity index (χ2v) is 7.09. The summed E-state index contributed by atoms with van der Waals surface area (Å²) in [7, 11) is 2.12. The third kappa shape index (κ3) is 4.58. The predicted molar refractivity (Wildman–Crippen MR) is 90.4 cm³/mol. The Morgan fingerprint density at radius 1 is 1.40 bits per heavy atom. The molecule has 0 aliphatic carbocycles. The molecule has 0 saturated heterocycles. The van der Waals surface area contributed by atoms with Crippen molar-refractivity contribution in [1.29, 1.82) is 0 Å². The maximum absolute atomic E-state index is 4.41. The molecule has 2 aromatic rings. The van der Waals surface area contributed by atoms with Crippen molar-refractivity contribution in [2.75, 3.05) is 18.5 Å². The average Bonchev–Trinajstić information content (AvgIpc) is 2.85. The minimum Gasteiger partial charge on any atom is -0.370 e. The molecule has 108 valence electrons. The lowest BCUT2D eigenvalue weighted by atomic mass is 10.2. The number of rotatable bonds is 7. The van der Waals surface area contributed by atoms with Crippen LogP contribution in [-0.4, -0.2) is 18.6 Å². The van der Waals surface area contributed by atoms with Crippen LogP contribution in [0.4, 0.5) is 5.69 Å². The largest absolute Gasteiger partial charge is 0.370 e. The second-order valence-electron chi connectivity index (χ2n) is 4.80. The van der Waals surface area contributed by atoms with Gasteiger partial charge in [-0.05, 0) is 58.0 Å². The van der Waals surface area contributed by atoms with E-state index in [4.69, 9.17) is 0 Å². The SMILES string of the molecule is CCCNCc1cc(N(C)Cc2csc(Br)c2)ccn1. The van der Waals surface area contributed by atoms with Crippen LogP contribution in [0.3, 0.4) is 0 Å². The number of pyridine rings is 1.